The van der Waals surface area contributed by atoms with Crippen LogP contribution in [0.3, 0.4) is 0 Å². The van der Waals surface area contributed by atoms with Crippen LogP contribution < -0.4 is 0 Å². The van der Waals surface area contributed by atoms with E-state index >= 15 is 0 Å². The first-order valence-corrected chi connectivity index (χ1v) is 6.68. The van der Waals surface area contributed by atoms with E-state index in [1.165, 1.54) is 6.26 Å². The lowest BCUT2D eigenvalue weighted by Gasteiger charge is -2.26. The summed E-state index contributed by atoms with van der Waals surface area (Å²) in [5.41, 5.74) is 0.705. The molecule has 2 unspecified atom stereocenters. The van der Waals surface area contributed by atoms with Crippen molar-refractivity contribution in [2.75, 3.05) is 11.5 Å². The highest BCUT2D eigenvalue weighted by Gasteiger charge is 2.30. The van der Waals surface area contributed by atoms with E-state index in [0.717, 1.165) is 11.5 Å². The van der Waals surface area contributed by atoms with E-state index in [2.05, 4.69) is 6.92 Å². The maximum absolute atomic E-state index is 12.0. The third kappa shape index (κ3) is 2.01. The van der Waals surface area contributed by atoms with Crippen LogP contribution in [0.25, 0.3) is 0 Å². The van der Waals surface area contributed by atoms with Gasteiger partial charge < -0.3 is 4.42 Å². The molecule has 0 bridgehead atoms. The number of ketones is 1. The summed E-state index contributed by atoms with van der Waals surface area (Å²) in [5.74, 6) is 2.44. The summed E-state index contributed by atoms with van der Waals surface area (Å²) < 4.78 is 4.92. The summed E-state index contributed by atoms with van der Waals surface area (Å²) in [7, 11) is 0. The van der Waals surface area contributed by atoms with Gasteiger partial charge in [0.1, 0.15) is 6.26 Å². The fourth-order valence-corrected chi connectivity index (χ4v) is 4.21. The highest BCUT2D eigenvalue weighted by molar-refractivity contribution is 8.07. The van der Waals surface area contributed by atoms with Crippen LogP contribution in [0.2, 0.25) is 0 Å². The fraction of sp³-hybridized carbons (Fsp3) is 0.500. The Morgan fingerprint density at radius 1 is 1.50 bits per heavy atom. The van der Waals surface area contributed by atoms with Gasteiger partial charge in [0.25, 0.3) is 0 Å². The van der Waals surface area contributed by atoms with E-state index in [9.17, 15) is 4.79 Å². The number of rotatable bonds is 2. The Hall–Kier alpha value is -0.350. The highest BCUT2D eigenvalue weighted by atomic mass is 32.2. The monoisotopic (exact) mass is 228 g/mol. The van der Waals surface area contributed by atoms with E-state index in [0.29, 0.717) is 10.8 Å². The average molecular weight is 228 g/mol. The SMILES string of the molecule is CC1SCCSC1C(=O)c1ccoc1. The molecule has 1 aromatic heterocycles. The molecule has 1 aliphatic rings. The van der Waals surface area contributed by atoms with E-state index in [1.54, 1.807) is 24.1 Å². The molecule has 1 fully saturated rings. The van der Waals surface area contributed by atoms with Crippen LogP contribution in [0.5, 0.6) is 0 Å². The van der Waals surface area contributed by atoms with E-state index in [1.807, 2.05) is 11.8 Å². The van der Waals surface area contributed by atoms with Gasteiger partial charge in [0.05, 0.1) is 17.1 Å². The van der Waals surface area contributed by atoms with Crippen molar-refractivity contribution in [2.45, 2.75) is 17.4 Å². The Kier molecular flexibility index (Phi) is 3.23. The Balaban J connectivity index is 2.10. The number of furan rings is 1. The minimum atomic E-state index is 0.103. The zero-order valence-electron chi connectivity index (χ0n) is 7.93. The number of thioether (sulfide) groups is 2. The summed E-state index contributed by atoms with van der Waals surface area (Å²) in [6, 6.07) is 1.74. The molecule has 0 saturated carbocycles. The number of hydrogen-bond acceptors (Lipinski definition) is 4. The topological polar surface area (TPSA) is 30.2 Å². The van der Waals surface area contributed by atoms with E-state index < -0.39 is 0 Å². The van der Waals surface area contributed by atoms with Crippen molar-refractivity contribution in [2.24, 2.45) is 0 Å². The van der Waals surface area contributed by atoms with Crippen LogP contribution in [0.4, 0.5) is 0 Å². The molecule has 2 heterocycles. The lowest BCUT2D eigenvalue weighted by Crippen LogP contribution is -2.30. The molecule has 76 valence electrons. The van der Waals surface area contributed by atoms with Crippen LogP contribution in [0, 0.1) is 0 Å². The number of Topliss-reactive ketones (excluding diaryl/α,β-unsaturated/α-hetero) is 1. The van der Waals surface area contributed by atoms with Gasteiger partial charge in [-0.1, -0.05) is 6.92 Å². The van der Waals surface area contributed by atoms with Gasteiger partial charge in [0, 0.05) is 16.8 Å². The van der Waals surface area contributed by atoms with Gasteiger partial charge in [-0.05, 0) is 6.07 Å². The van der Waals surface area contributed by atoms with Crippen molar-refractivity contribution >= 4 is 29.3 Å². The summed E-state index contributed by atoms with van der Waals surface area (Å²) >= 11 is 3.65. The molecular formula is C10H12O2S2. The molecular weight excluding hydrogens is 216 g/mol. The summed E-state index contributed by atoms with van der Waals surface area (Å²) in [6.45, 7) is 2.12. The number of hydrogen-bond donors (Lipinski definition) is 0. The molecule has 1 aliphatic heterocycles. The van der Waals surface area contributed by atoms with Crippen LogP contribution in [0.15, 0.2) is 23.0 Å². The minimum Gasteiger partial charge on any atom is -0.472 e. The molecule has 4 heteroatoms. The molecule has 0 N–H and O–H groups in total. The second-order valence-electron chi connectivity index (χ2n) is 3.24. The van der Waals surface area contributed by atoms with Crippen LogP contribution in [-0.4, -0.2) is 27.8 Å². The third-order valence-electron chi connectivity index (χ3n) is 2.25. The van der Waals surface area contributed by atoms with Gasteiger partial charge >= 0.3 is 0 Å². The summed E-state index contributed by atoms with van der Waals surface area (Å²) in [4.78, 5) is 12.0. The molecule has 1 aromatic rings. The largest absolute Gasteiger partial charge is 0.472 e. The Bertz CT molecular complexity index is 308. The number of carbonyl (C=O) groups is 1. The highest BCUT2D eigenvalue weighted by Crippen LogP contribution is 2.33. The smallest absolute Gasteiger partial charge is 0.180 e. The third-order valence-corrected chi connectivity index (χ3v) is 5.34. The fourth-order valence-electron chi connectivity index (χ4n) is 1.49. The van der Waals surface area contributed by atoms with Gasteiger partial charge in [-0.25, -0.2) is 0 Å². The van der Waals surface area contributed by atoms with Crippen molar-refractivity contribution in [1.29, 1.82) is 0 Å². The number of carbonyl (C=O) groups excluding carboxylic acids is 1. The first-order chi connectivity index (χ1) is 6.79. The van der Waals surface area contributed by atoms with E-state index in [-0.39, 0.29) is 11.0 Å². The quantitative estimate of drug-likeness (QED) is 0.728. The van der Waals surface area contributed by atoms with E-state index in [4.69, 9.17) is 4.42 Å². The molecule has 0 amide bonds. The Labute approximate surface area is 91.8 Å². The predicted molar refractivity (Wildman–Crippen MR) is 61.2 cm³/mol. The molecule has 2 nitrogen and oxygen atoms in total. The van der Waals surface area contributed by atoms with Gasteiger partial charge in [-0.15, -0.1) is 11.8 Å². The van der Waals surface area contributed by atoms with Gasteiger partial charge in [0.2, 0.25) is 0 Å². The molecule has 0 radical (unpaired) electrons. The van der Waals surface area contributed by atoms with Crippen LogP contribution in [-0.2, 0) is 0 Å². The Morgan fingerprint density at radius 3 is 2.93 bits per heavy atom. The van der Waals surface area contributed by atoms with Crippen molar-refractivity contribution in [3.63, 3.8) is 0 Å². The molecule has 0 spiro atoms. The predicted octanol–water partition coefficient (Wildman–Crippen LogP) is 2.70. The van der Waals surface area contributed by atoms with Crippen molar-refractivity contribution in [3.05, 3.63) is 24.2 Å². The van der Waals surface area contributed by atoms with Gasteiger partial charge in [-0.2, -0.15) is 11.8 Å². The Morgan fingerprint density at radius 2 is 2.29 bits per heavy atom. The second kappa shape index (κ2) is 4.45. The lowest BCUT2D eigenvalue weighted by atomic mass is 10.1. The summed E-state index contributed by atoms with van der Waals surface area (Å²) in [6.07, 6.45) is 3.09. The lowest BCUT2D eigenvalue weighted by molar-refractivity contribution is 0.0989. The van der Waals surface area contributed by atoms with Crippen molar-refractivity contribution in [3.8, 4) is 0 Å². The maximum Gasteiger partial charge on any atom is 0.180 e. The average Bonchev–Trinajstić information content (AvgIpc) is 2.70. The first-order valence-electron chi connectivity index (χ1n) is 4.58. The van der Waals surface area contributed by atoms with Crippen LogP contribution >= 0.6 is 23.5 Å². The van der Waals surface area contributed by atoms with Crippen molar-refractivity contribution < 1.29 is 9.21 Å². The molecule has 0 aromatic carbocycles. The van der Waals surface area contributed by atoms with Crippen molar-refractivity contribution in [1.82, 2.24) is 0 Å². The first kappa shape index (κ1) is 10.2. The zero-order chi connectivity index (χ0) is 9.97. The minimum absolute atomic E-state index is 0.103. The molecule has 2 rings (SSSR count). The standard InChI is InChI=1S/C10H12O2S2/c1-7-10(14-5-4-13-7)9(11)8-2-3-12-6-8/h2-3,6-7,10H,4-5H2,1H3. The zero-order valence-corrected chi connectivity index (χ0v) is 9.57. The molecule has 0 aliphatic carbocycles. The normalized spacial score (nSPS) is 27.5. The molecule has 1 saturated heterocycles. The van der Waals surface area contributed by atoms with Gasteiger partial charge in [-0.3, -0.25) is 4.79 Å². The van der Waals surface area contributed by atoms with Crippen LogP contribution in [0.1, 0.15) is 17.3 Å². The maximum atomic E-state index is 12.0. The molecule has 2 atom stereocenters. The van der Waals surface area contributed by atoms with Gasteiger partial charge in [0.15, 0.2) is 5.78 Å². The molecule has 14 heavy (non-hydrogen) atoms. The second-order valence-corrected chi connectivity index (χ2v) is 5.98. The summed E-state index contributed by atoms with van der Waals surface area (Å²) in [5, 5.41) is 0.516.